The van der Waals surface area contributed by atoms with Crippen molar-refractivity contribution in [2.24, 2.45) is 0 Å². The number of hydrogen-bond donors (Lipinski definition) is 1. The zero-order valence-electron chi connectivity index (χ0n) is 16.9. The van der Waals surface area contributed by atoms with E-state index < -0.39 is 29.4 Å². The molecule has 1 fully saturated rings. The number of rotatable bonds is 3. The standard InChI is InChI=1S/C23H22ClF4NO2/c1-13(21(30)29-18-6-5-15(24)11-17(18)25)16-9-14(23(26,27)28)10-19-20(16)22(12-31-19)7-3-2-4-8-22/h5-6,9-11,13H,2-4,7-8,12H2,1H3,(H,29,30). The van der Waals surface area contributed by atoms with Crippen molar-refractivity contribution in [2.45, 2.75) is 56.5 Å². The lowest BCUT2D eigenvalue weighted by atomic mass is 9.68. The van der Waals surface area contributed by atoms with Crippen molar-refractivity contribution in [1.29, 1.82) is 0 Å². The lowest BCUT2D eigenvalue weighted by Crippen LogP contribution is -2.32. The molecule has 2 aromatic rings. The number of nitrogens with one attached hydrogen (secondary N) is 1. The number of hydrogen-bond acceptors (Lipinski definition) is 2. The fourth-order valence-electron chi connectivity index (χ4n) is 4.71. The Morgan fingerprint density at radius 1 is 1.16 bits per heavy atom. The predicted octanol–water partition coefficient (Wildman–Crippen LogP) is 6.83. The van der Waals surface area contributed by atoms with E-state index in [0.29, 0.717) is 12.2 Å². The first kappa shape index (κ1) is 21.9. The summed E-state index contributed by atoms with van der Waals surface area (Å²) in [6.45, 7) is 1.85. The topological polar surface area (TPSA) is 38.3 Å². The number of fused-ring (bicyclic) bond motifs is 2. The van der Waals surface area contributed by atoms with Crippen LogP contribution in [-0.2, 0) is 16.4 Å². The first-order valence-corrected chi connectivity index (χ1v) is 10.6. The molecular formula is C23H22ClF4NO2. The molecule has 31 heavy (non-hydrogen) atoms. The molecule has 1 N–H and O–H groups in total. The minimum Gasteiger partial charge on any atom is -0.492 e. The number of halogens is 5. The highest BCUT2D eigenvalue weighted by atomic mass is 35.5. The molecule has 3 nitrogen and oxygen atoms in total. The van der Waals surface area contributed by atoms with Crippen molar-refractivity contribution in [3.63, 3.8) is 0 Å². The fraction of sp³-hybridized carbons (Fsp3) is 0.435. The van der Waals surface area contributed by atoms with Crippen LogP contribution in [-0.4, -0.2) is 12.5 Å². The van der Waals surface area contributed by atoms with E-state index in [4.69, 9.17) is 16.3 Å². The molecule has 1 amide bonds. The maximum Gasteiger partial charge on any atom is 0.416 e. The monoisotopic (exact) mass is 455 g/mol. The quantitative estimate of drug-likeness (QED) is 0.515. The highest BCUT2D eigenvalue weighted by Crippen LogP contribution is 2.52. The molecule has 1 saturated carbocycles. The third-order valence-corrected chi connectivity index (χ3v) is 6.59. The van der Waals surface area contributed by atoms with Crippen LogP contribution in [0.4, 0.5) is 23.2 Å². The number of anilines is 1. The number of ether oxygens (including phenoxy) is 1. The normalized spacial score (nSPS) is 18.4. The van der Waals surface area contributed by atoms with Gasteiger partial charge in [0.1, 0.15) is 11.6 Å². The van der Waals surface area contributed by atoms with Crippen LogP contribution >= 0.6 is 11.6 Å². The van der Waals surface area contributed by atoms with E-state index in [-0.39, 0.29) is 27.4 Å². The van der Waals surface area contributed by atoms with Crippen molar-refractivity contribution in [3.05, 3.63) is 57.9 Å². The number of carbonyl (C=O) groups excluding carboxylic acids is 1. The van der Waals surface area contributed by atoms with Crippen molar-refractivity contribution in [1.82, 2.24) is 0 Å². The Bertz CT molecular complexity index is 1020. The van der Waals surface area contributed by atoms with Gasteiger partial charge in [0, 0.05) is 16.0 Å². The van der Waals surface area contributed by atoms with Crippen LogP contribution in [0.25, 0.3) is 0 Å². The number of carbonyl (C=O) groups is 1. The number of amides is 1. The summed E-state index contributed by atoms with van der Waals surface area (Å²) in [5, 5.41) is 2.66. The Balaban J connectivity index is 1.75. The Morgan fingerprint density at radius 3 is 2.52 bits per heavy atom. The lowest BCUT2D eigenvalue weighted by Gasteiger charge is -2.34. The minimum atomic E-state index is -4.58. The summed E-state index contributed by atoms with van der Waals surface area (Å²) in [7, 11) is 0. The van der Waals surface area contributed by atoms with Gasteiger partial charge >= 0.3 is 6.18 Å². The molecule has 1 atom stereocenters. The van der Waals surface area contributed by atoms with Crippen LogP contribution in [0.3, 0.4) is 0 Å². The van der Waals surface area contributed by atoms with Gasteiger partial charge in [-0.1, -0.05) is 30.9 Å². The summed E-state index contributed by atoms with van der Waals surface area (Å²) < 4.78 is 60.5. The fourth-order valence-corrected chi connectivity index (χ4v) is 4.87. The highest BCUT2D eigenvalue weighted by Gasteiger charge is 2.46. The average molecular weight is 456 g/mol. The molecule has 2 aromatic carbocycles. The van der Waals surface area contributed by atoms with Crippen molar-refractivity contribution in [2.75, 3.05) is 11.9 Å². The van der Waals surface area contributed by atoms with Crippen LogP contribution < -0.4 is 10.1 Å². The summed E-state index contributed by atoms with van der Waals surface area (Å²) in [6.07, 6.45) is 0.0174. The zero-order valence-corrected chi connectivity index (χ0v) is 17.7. The first-order valence-electron chi connectivity index (χ1n) is 10.2. The van der Waals surface area contributed by atoms with E-state index in [9.17, 15) is 22.4 Å². The largest absolute Gasteiger partial charge is 0.492 e. The molecule has 1 unspecified atom stereocenters. The van der Waals surface area contributed by atoms with Crippen LogP contribution in [0.15, 0.2) is 30.3 Å². The highest BCUT2D eigenvalue weighted by molar-refractivity contribution is 6.30. The molecule has 1 aliphatic carbocycles. The molecular weight excluding hydrogens is 434 g/mol. The molecule has 166 valence electrons. The average Bonchev–Trinajstić information content (AvgIpc) is 3.06. The summed E-state index contributed by atoms with van der Waals surface area (Å²) >= 11 is 5.75. The van der Waals surface area contributed by atoms with Gasteiger partial charge in [-0.2, -0.15) is 13.2 Å². The van der Waals surface area contributed by atoms with Crippen molar-refractivity contribution >= 4 is 23.2 Å². The predicted molar refractivity (Wildman–Crippen MR) is 110 cm³/mol. The lowest BCUT2D eigenvalue weighted by molar-refractivity contribution is -0.137. The van der Waals surface area contributed by atoms with E-state index in [1.807, 2.05) is 0 Å². The molecule has 1 heterocycles. The van der Waals surface area contributed by atoms with Crippen LogP contribution in [0.1, 0.15) is 61.6 Å². The van der Waals surface area contributed by atoms with Gasteiger partial charge in [0.2, 0.25) is 5.91 Å². The molecule has 1 aliphatic heterocycles. The van der Waals surface area contributed by atoms with E-state index in [1.54, 1.807) is 0 Å². The van der Waals surface area contributed by atoms with E-state index in [1.165, 1.54) is 19.1 Å². The molecule has 2 aliphatic rings. The maximum absolute atomic E-state index is 14.1. The SMILES string of the molecule is CC(C(=O)Nc1ccc(Cl)cc1F)c1cc(C(F)(F)F)cc2c1C1(CCCCC1)CO2. The maximum atomic E-state index is 14.1. The van der Waals surface area contributed by atoms with Gasteiger partial charge in [0.25, 0.3) is 0 Å². The van der Waals surface area contributed by atoms with Crippen molar-refractivity contribution in [3.8, 4) is 5.75 Å². The minimum absolute atomic E-state index is 0.0755. The second kappa shape index (κ2) is 8.01. The molecule has 8 heteroatoms. The molecule has 4 rings (SSSR count). The van der Waals surface area contributed by atoms with Gasteiger partial charge in [-0.15, -0.1) is 0 Å². The summed E-state index contributed by atoms with van der Waals surface area (Å²) in [6, 6.07) is 5.90. The molecule has 0 radical (unpaired) electrons. The summed E-state index contributed by atoms with van der Waals surface area (Å²) in [4.78, 5) is 12.9. The van der Waals surface area contributed by atoms with E-state index in [0.717, 1.165) is 50.3 Å². The van der Waals surface area contributed by atoms with Crippen LogP contribution in [0.5, 0.6) is 5.75 Å². The van der Waals surface area contributed by atoms with E-state index >= 15 is 0 Å². The zero-order chi connectivity index (χ0) is 22.4. The smallest absolute Gasteiger partial charge is 0.416 e. The van der Waals surface area contributed by atoms with Gasteiger partial charge in [-0.3, -0.25) is 4.79 Å². The molecule has 0 bridgehead atoms. The molecule has 0 aromatic heterocycles. The Morgan fingerprint density at radius 2 is 1.87 bits per heavy atom. The Hall–Kier alpha value is -2.28. The van der Waals surface area contributed by atoms with Gasteiger partial charge in [-0.05, 0) is 55.7 Å². The summed E-state index contributed by atoms with van der Waals surface area (Å²) in [5.41, 5.74) is -0.330. The van der Waals surface area contributed by atoms with Gasteiger partial charge in [0.05, 0.1) is 23.8 Å². The molecule has 1 spiro atoms. The second-order valence-corrected chi connectivity index (χ2v) is 8.84. The number of benzene rings is 2. The Labute approximate surface area is 182 Å². The van der Waals surface area contributed by atoms with Crippen molar-refractivity contribution < 1.29 is 27.1 Å². The van der Waals surface area contributed by atoms with Gasteiger partial charge in [-0.25, -0.2) is 4.39 Å². The third-order valence-electron chi connectivity index (χ3n) is 6.35. The first-order chi connectivity index (χ1) is 14.6. The van der Waals surface area contributed by atoms with Gasteiger partial charge < -0.3 is 10.1 Å². The van der Waals surface area contributed by atoms with Gasteiger partial charge in [0.15, 0.2) is 0 Å². The molecule has 0 saturated heterocycles. The van der Waals surface area contributed by atoms with Crippen LogP contribution in [0, 0.1) is 5.82 Å². The van der Waals surface area contributed by atoms with E-state index in [2.05, 4.69) is 5.32 Å². The Kier molecular flexibility index (Phi) is 5.66. The summed E-state index contributed by atoms with van der Waals surface area (Å²) in [5.74, 6) is -2.05. The number of alkyl halides is 3. The third kappa shape index (κ3) is 4.12. The second-order valence-electron chi connectivity index (χ2n) is 8.40. The van der Waals surface area contributed by atoms with Crippen LogP contribution in [0.2, 0.25) is 5.02 Å².